The third-order valence-electron chi connectivity index (χ3n) is 5.12. The van der Waals surface area contributed by atoms with Crippen molar-refractivity contribution in [2.75, 3.05) is 0 Å². The maximum Gasteiger partial charge on any atom is 0.212 e. The molecule has 0 N–H and O–H groups in total. The number of benzene rings is 1. The lowest BCUT2D eigenvalue weighted by atomic mass is 9.85. The van der Waals surface area contributed by atoms with Gasteiger partial charge in [0.05, 0.1) is 0 Å². The molecule has 1 aliphatic carbocycles. The molecule has 1 saturated carbocycles. The van der Waals surface area contributed by atoms with Gasteiger partial charge in [-0.3, -0.25) is 0 Å². The molecule has 0 aliphatic heterocycles. The standard InChI is InChI=1S/C22H30N/c1-16-14-19(22(2,3)4)11-12-20(16)21-13-10-18(15-23(21)5)17-8-6-7-9-17/h10-15,17H,6-9H2,1-5H3/q+1/i17D. The van der Waals surface area contributed by atoms with E-state index in [0.29, 0.717) is 0 Å². The molecule has 3 rings (SSSR count). The minimum atomic E-state index is -0.374. The van der Waals surface area contributed by atoms with Gasteiger partial charge in [0.2, 0.25) is 5.69 Å². The van der Waals surface area contributed by atoms with Crippen LogP contribution in [-0.2, 0) is 12.5 Å². The topological polar surface area (TPSA) is 3.88 Å². The van der Waals surface area contributed by atoms with E-state index in [4.69, 9.17) is 1.37 Å². The molecule has 122 valence electrons. The van der Waals surface area contributed by atoms with Gasteiger partial charge in [0, 0.05) is 18.6 Å². The van der Waals surface area contributed by atoms with E-state index in [-0.39, 0.29) is 11.3 Å². The lowest BCUT2D eigenvalue weighted by Gasteiger charge is -2.20. The Balaban J connectivity index is 1.99. The van der Waals surface area contributed by atoms with Gasteiger partial charge in [-0.05, 0) is 54.3 Å². The van der Waals surface area contributed by atoms with Crippen LogP contribution >= 0.6 is 0 Å². The second-order valence-electron chi connectivity index (χ2n) is 8.00. The van der Waals surface area contributed by atoms with Crippen LogP contribution in [-0.4, -0.2) is 0 Å². The molecule has 1 heteroatoms. The van der Waals surface area contributed by atoms with Crippen LogP contribution in [0.25, 0.3) is 11.3 Å². The molecule has 1 nitrogen and oxygen atoms in total. The second kappa shape index (κ2) is 6.11. The van der Waals surface area contributed by atoms with Gasteiger partial charge in [0.25, 0.3) is 0 Å². The van der Waals surface area contributed by atoms with E-state index in [2.05, 4.69) is 75.8 Å². The highest BCUT2D eigenvalue weighted by molar-refractivity contribution is 5.62. The summed E-state index contributed by atoms with van der Waals surface area (Å²) < 4.78 is 10.9. The molecule has 1 heterocycles. The molecule has 0 atom stereocenters. The van der Waals surface area contributed by atoms with E-state index in [1.165, 1.54) is 35.2 Å². The minimum absolute atomic E-state index is 0.176. The fraction of sp³-hybridized carbons (Fsp3) is 0.500. The predicted octanol–water partition coefficient (Wildman–Crippen LogP) is 5.44. The third kappa shape index (κ3) is 3.34. The Kier molecular flexibility index (Phi) is 3.97. The van der Waals surface area contributed by atoms with Gasteiger partial charge in [-0.2, -0.15) is 0 Å². The van der Waals surface area contributed by atoms with Crippen LogP contribution < -0.4 is 4.57 Å². The largest absolute Gasteiger partial charge is 0.212 e. The quantitative estimate of drug-likeness (QED) is 0.650. The first-order valence-electron chi connectivity index (χ1n) is 9.32. The van der Waals surface area contributed by atoms with Gasteiger partial charge in [0.15, 0.2) is 6.20 Å². The number of hydrogen-bond donors (Lipinski definition) is 0. The van der Waals surface area contributed by atoms with Gasteiger partial charge in [-0.15, -0.1) is 0 Å². The Bertz CT molecular complexity index is 749. The zero-order chi connectivity index (χ0) is 17.5. The fourth-order valence-electron chi connectivity index (χ4n) is 3.60. The van der Waals surface area contributed by atoms with Crippen LogP contribution in [0.15, 0.2) is 36.5 Å². The monoisotopic (exact) mass is 309 g/mol. The van der Waals surface area contributed by atoms with Crippen LogP contribution in [0.2, 0.25) is 0 Å². The molecular weight excluding hydrogens is 278 g/mol. The Labute approximate surface area is 142 Å². The third-order valence-corrected chi connectivity index (χ3v) is 5.12. The number of pyridine rings is 1. The molecule has 1 fully saturated rings. The predicted molar refractivity (Wildman–Crippen MR) is 97.7 cm³/mol. The molecule has 0 amide bonds. The van der Waals surface area contributed by atoms with Crippen LogP contribution in [0.3, 0.4) is 0 Å². The number of aromatic nitrogens is 1. The van der Waals surface area contributed by atoms with Crippen molar-refractivity contribution >= 4 is 0 Å². The normalized spacial score (nSPS) is 18.0. The summed E-state index contributed by atoms with van der Waals surface area (Å²) in [5.74, 6) is -0.374. The lowest BCUT2D eigenvalue weighted by Crippen LogP contribution is -2.31. The fourth-order valence-corrected chi connectivity index (χ4v) is 3.60. The van der Waals surface area contributed by atoms with Crippen LogP contribution in [0.4, 0.5) is 0 Å². The van der Waals surface area contributed by atoms with E-state index in [0.717, 1.165) is 18.4 Å². The van der Waals surface area contributed by atoms with Crippen LogP contribution in [0.1, 0.15) is 70.4 Å². The van der Waals surface area contributed by atoms with E-state index in [1.807, 2.05) is 0 Å². The summed E-state index contributed by atoms with van der Waals surface area (Å²) in [6, 6.07) is 11.2. The Hall–Kier alpha value is -1.63. The first-order chi connectivity index (χ1) is 11.2. The van der Waals surface area contributed by atoms with Crippen molar-refractivity contribution in [3.8, 4) is 11.3 Å². The molecule has 1 aromatic heterocycles. The van der Waals surface area contributed by atoms with Gasteiger partial charge in [0.1, 0.15) is 7.05 Å². The van der Waals surface area contributed by atoms with Gasteiger partial charge < -0.3 is 0 Å². The zero-order valence-electron chi connectivity index (χ0n) is 16.2. The van der Waals surface area contributed by atoms with Crippen molar-refractivity contribution in [3.63, 3.8) is 0 Å². The first-order valence-corrected chi connectivity index (χ1v) is 8.82. The Morgan fingerprint density at radius 3 is 2.35 bits per heavy atom. The highest BCUT2D eigenvalue weighted by Crippen LogP contribution is 2.34. The summed E-state index contributed by atoms with van der Waals surface area (Å²) in [7, 11) is 2.11. The maximum atomic E-state index is 8.72. The maximum absolute atomic E-state index is 8.72. The number of hydrogen-bond acceptors (Lipinski definition) is 0. The van der Waals surface area contributed by atoms with Crippen molar-refractivity contribution < 1.29 is 5.94 Å². The first kappa shape index (κ1) is 14.9. The van der Waals surface area contributed by atoms with Crippen molar-refractivity contribution in [1.82, 2.24) is 0 Å². The van der Waals surface area contributed by atoms with Crippen LogP contribution in [0.5, 0.6) is 0 Å². The van der Waals surface area contributed by atoms with Crippen LogP contribution in [0, 0.1) is 6.92 Å². The van der Waals surface area contributed by atoms with Crippen molar-refractivity contribution in [2.24, 2.45) is 7.05 Å². The summed E-state index contributed by atoms with van der Waals surface area (Å²) in [6.07, 6.45) is 6.52. The Morgan fingerprint density at radius 2 is 1.78 bits per heavy atom. The Morgan fingerprint density at radius 1 is 1.09 bits per heavy atom. The molecule has 0 bridgehead atoms. The number of rotatable bonds is 2. The van der Waals surface area contributed by atoms with E-state index < -0.39 is 0 Å². The van der Waals surface area contributed by atoms with E-state index in [1.54, 1.807) is 0 Å². The average molecular weight is 309 g/mol. The SMILES string of the molecule is [2H]C1(c2ccc(-c3ccc(C(C)(C)C)cc3C)[n+](C)c2)CCCC1. The molecule has 0 saturated heterocycles. The summed E-state index contributed by atoms with van der Waals surface area (Å²) >= 11 is 0. The molecule has 1 aromatic carbocycles. The average Bonchev–Trinajstić information content (AvgIpc) is 2.95. The summed E-state index contributed by atoms with van der Waals surface area (Å²) in [6.45, 7) is 8.96. The van der Waals surface area contributed by atoms with Gasteiger partial charge >= 0.3 is 0 Å². The smallest absolute Gasteiger partial charge is 0.201 e. The molecule has 0 spiro atoms. The van der Waals surface area contributed by atoms with Gasteiger partial charge in [-0.1, -0.05) is 45.7 Å². The molecule has 1 aliphatic rings. The molecule has 0 unspecified atom stereocenters. The molecule has 0 radical (unpaired) electrons. The highest BCUT2D eigenvalue weighted by Gasteiger charge is 2.22. The number of aryl methyl sites for hydroxylation is 2. The number of nitrogens with zero attached hydrogens (tertiary/aromatic N) is 1. The summed E-state index contributed by atoms with van der Waals surface area (Å²) in [4.78, 5) is 0. The van der Waals surface area contributed by atoms with Crippen molar-refractivity contribution in [1.29, 1.82) is 0 Å². The van der Waals surface area contributed by atoms with Crippen molar-refractivity contribution in [3.05, 3.63) is 53.2 Å². The lowest BCUT2D eigenvalue weighted by molar-refractivity contribution is -0.660. The van der Waals surface area contributed by atoms with Gasteiger partial charge in [-0.25, -0.2) is 4.57 Å². The summed E-state index contributed by atoms with van der Waals surface area (Å²) in [5.41, 5.74) is 6.53. The molecule has 2 aromatic rings. The zero-order valence-corrected chi connectivity index (χ0v) is 15.2. The molecular formula is C22H30N+. The highest BCUT2D eigenvalue weighted by atomic mass is 14.9. The van der Waals surface area contributed by atoms with E-state index in [9.17, 15) is 0 Å². The summed E-state index contributed by atoms with van der Waals surface area (Å²) in [5, 5.41) is 0. The second-order valence-corrected chi connectivity index (χ2v) is 8.00. The van der Waals surface area contributed by atoms with E-state index >= 15 is 0 Å². The molecule has 23 heavy (non-hydrogen) atoms. The van der Waals surface area contributed by atoms with Crippen molar-refractivity contribution in [2.45, 2.75) is 64.7 Å². The minimum Gasteiger partial charge on any atom is -0.201 e.